The van der Waals surface area contributed by atoms with Crippen LogP contribution >= 0.6 is 11.6 Å². The Morgan fingerprint density at radius 3 is 2.71 bits per heavy atom. The van der Waals surface area contributed by atoms with Crippen molar-refractivity contribution in [1.29, 1.82) is 0 Å². The topological polar surface area (TPSA) is 59.5 Å². The van der Waals surface area contributed by atoms with Crippen LogP contribution in [0.15, 0.2) is 36.4 Å². The fourth-order valence-electron chi connectivity index (χ4n) is 3.81. The van der Waals surface area contributed by atoms with Crippen molar-refractivity contribution < 1.29 is 9.47 Å². The minimum atomic E-state index is 0.242. The summed E-state index contributed by atoms with van der Waals surface area (Å²) < 4.78 is 10.8. The molecule has 7 heteroatoms. The van der Waals surface area contributed by atoms with Gasteiger partial charge in [0.1, 0.15) is 5.82 Å². The van der Waals surface area contributed by atoms with Crippen molar-refractivity contribution in [2.75, 3.05) is 30.1 Å². The number of halogens is 1. The normalized spacial score (nSPS) is 15.8. The molecule has 0 atom stereocenters. The first-order valence-corrected chi connectivity index (χ1v) is 9.99. The van der Waals surface area contributed by atoms with E-state index in [2.05, 4.69) is 32.3 Å². The molecule has 3 aromatic rings. The molecule has 0 saturated carbocycles. The molecule has 0 aliphatic carbocycles. The molecule has 28 heavy (non-hydrogen) atoms. The first-order chi connectivity index (χ1) is 13.8. The number of anilines is 2. The van der Waals surface area contributed by atoms with Gasteiger partial charge in [-0.2, -0.15) is 0 Å². The first-order valence-electron chi connectivity index (χ1n) is 9.61. The molecular weight excluding hydrogens is 376 g/mol. The Hall–Kier alpha value is -2.73. The van der Waals surface area contributed by atoms with Crippen LogP contribution in [0.3, 0.4) is 0 Å². The van der Waals surface area contributed by atoms with Crippen LogP contribution in [-0.4, -0.2) is 29.9 Å². The van der Waals surface area contributed by atoms with Crippen LogP contribution in [0.1, 0.15) is 24.8 Å². The Morgan fingerprint density at radius 2 is 1.82 bits per heavy atom. The molecule has 1 fully saturated rings. The largest absolute Gasteiger partial charge is 0.454 e. The molecule has 2 aromatic carbocycles. The van der Waals surface area contributed by atoms with Gasteiger partial charge in [-0.25, -0.2) is 9.97 Å². The molecule has 0 radical (unpaired) electrons. The number of rotatable bonds is 4. The van der Waals surface area contributed by atoms with Crippen molar-refractivity contribution in [3.05, 3.63) is 47.2 Å². The lowest BCUT2D eigenvalue weighted by atomic mass is 10.1. The van der Waals surface area contributed by atoms with Crippen molar-refractivity contribution in [1.82, 2.24) is 9.97 Å². The smallest absolute Gasteiger partial charge is 0.231 e. The van der Waals surface area contributed by atoms with E-state index in [9.17, 15) is 0 Å². The summed E-state index contributed by atoms with van der Waals surface area (Å²) in [7, 11) is 0. The van der Waals surface area contributed by atoms with Crippen LogP contribution in [-0.2, 0) is 6.54 Å². The number of benzene rings is 2. The number of aromatic nitrogens is 2. The molecule has 0 unspecified atom stereocenters. The summed E-state index contributed by atoms with van der Waals surface area (Å²) in [5, 5.41) is 4.64. The molecule has 1 saturated heterocycles. The van der Waals surface area contributed by atoms with Crippen LogP contribution in [0.25, 0.3) is 10.9 Å². The Kier molecular flexibility index (Phi) is 4.56. The lowest BCUT2D eigenvalue weighted by Crippen LogP contribution is -2.29. The van der Waals surface area contributed by atoms with Gasteiger partial charge >= 0.3 is 0 Å². The van der Waals surface area contributed by atoms with Gasteiger partial charge in [-0.1, -0.05) is 6.07 Å². The lowest BCUT2D eigenvalue weighted by Gasteiger charge is -2.29. The quantitative estimate of drug-likeness (QED) is 0.649. The zero-order chi connectivity index (χ0) is 18.9. The van der Waals surface area contributed by atoms with Crippen LogP contribution in [0.2, 0.25) is 5.28 Å². The van der Waals surface area contributed by atoms with Gasteiger partial charge in [-0.15, -0.1) is 0 Å². The molecule has 0 amide bonds. The third kappa shape index (κ3) is 3.40. The maximum Gasteiger partial charge on any atom is 0.231 e. The van der Waals surface area contributed by atoms with Crippen LogP contribution < -0.4 is 19.7 Å². The summed E-state index contributed by atoms with van der Waals surface area (Å²) in [6, 6.07) is 12.2. The number of piperidine rings is 1. The zero-order valence-electron chi connectivity index (χ0n) is 15.4. The van der Waals surface area contributed by atoms with Gasteiger partial charge < -0.3 is 19.7 Å². The lowest BCUT2D eigenvalue weighted by molar-refractivity contribution is 0.174. The minimum Gasteiger partial charge on any atom is -0.454 e. The monoisotopic (exact) mass is 396 g/mol. The Morgan fingerprint density at radius 1 is 0.964 bits per heavy atom. The summed E-state index contributed by atoms with van der Waals surface area (Å²) in [6.07, 6.45) is 3.79. The van der Waals surface area contributed by atoms with E-state index in [1.54, 1.807) is 0 Å². The maximum atomic E-state index is 6.16. The van der Waals surface area contributed by atoms with Gasteiger partial charge in [0.15, 0.2) is 11.5 Å². The molecule has 3 heterocycles. The molecule has 0 spiro atoms. The summed E-state index contributed by atoms with van der Waals surface area (Å²) in [4.78, 5) is 11.3. The zero-order valence-corrected chi connectivity index (χ0v) is 16.2. The highest BCUT2D eigenvalue weighted by Gasteiger charge is 2.15. The standard InChI is InChI=1S/C21H21ClN4O2/c22-21-24-17-6-5-15(26-8-2-1-3-9-26)11-16(17)20(25-21)23-12-14-4-7-18-19(10-14)28-13-27-18/h4-7,10-11H,1-3,8-9,12-13H2,(H,23,24,25). The first kappa shape index (κ1) is 17.4. The number of ether oxygens (including phenoxy) is 2. The molecule has 5 rings (SSSR count). The van der Waals surface area contributed by atoms with Crippen LogP contribution in [0, 0.1) is 0 Å². The highest BCUT2D eigenvalue weighted by atomic mass is 35.5. The van der Waals surface area contributed by atoms with Crippen LogP contribution in [0.5, 0.6) is 11.5 Å². The van der Waals surface area contributed by atoms with Crippen molar-refractivity contribution in [3.63, 3.8) is 0 Å². The van der Waals surface area contributed by atoms with E-state index in [-0.39, 0.29) is 12.1 Å². The summed E-state index contributed by atoms with van der Waals surface area (Å²) in [6.45, 7) is 3.07. The molecule has 6 nitrogen and oxygen atoms in total. The summed E-state index contributed by atoms with van der Waals surface area (Å²) in [5.41, 5.74) is 3.14. The number of hydrogen-bond donors (Lipinski definition) is 1. The van der Waals surface area contributed by atoms with E-state index in [1.165, 1.54) is 24.9 Å². The molecule has 2 aliphatic rings. The second-order valence-electron chi connectivity index (χ2n) is 7.13. The van der Waals surface area contributed by atoms with E-state index in [0.29, 0.717) is 6.54 Å². The van der Waals surface area contributed by atoms with Gasteiger partial charge in [0.2, 0.25) is 12.1 Å². The van der Waals surface area contributed by atoms with Gasteiger partial charge in [-0.05, 0) is 66.8 Å². The minimum absolute atomic E-state index is 0.242. The number of fused-ring (bicyclic) bond motifs is 2. The molecule has 1 aromatic heterocycles. The van der Waals surface area contributed by atoms with Crippen molar-refractivity contribution in [2.24, 2.45) is 0 Å². The third-order valence-electron chi connectivity index (χ3n) is 5.27. The number of hydrogen-bond acceptors (Lipinski definition) is 6. The predicted octanol–water partition coefficient (Wildman–Crippen LogP) is 4.61. The van der Waals surface area contributed by atoms with Crippen molar-refractivity contribution in [3.8, 4) is 11.5 Å². The molecule has 1 N–H and O–H groups in total. The van der Waals surface area contributed by atoms with E-state index < -0.39 is 0 Å². The second kappa shape index (κ2) is 7.36. The Balaban J connectivity index is 1.43. The average Bonchev–Trinajstić information content (AvgIpc) is 3.20. The maximum absolute atomic E-state index is 6.16. The van der Waals surface area contributed by atoms with Gasteiger partial charge in [-0.3, -0.25) is 0 Å². The van der Waals surface area contributed by atoms with E-state index >= 15 is 0 Å². The Bertz CT molecular complexity index is 1020. The summed E-state index contributed by atoms with van der Waals surface area (Å²) >= 11 is 6.16. The van der Waals surface area contributed by atoms with E-state index in [4.69, 9.17) is 21.1 Å². The fourth-order valence-corrected chi connectivity index (χ4v) is 3.98. The van der Waals surface area contributed by atoms with Gasteiger partial charge in [0.05, 0.1) is 5.52 Å². The molecule has 144 valence electrons. The third-order valence-corrected chi connectivity index (χ3v) is 5.44. The van der Waals surface area contributed by atoms with Crippen molar-refractivity contribution in [2.45, 2.75) is 25.8 Å². The van der Waals surface area contributed by atoms with E-state index in [0.717, 1.165) is 46.9 Å². The van der Waals surface area contributed by atoms with Crippen molar-refractivity contribution >= 4 is 34.0 Å². The highest BCUT2D eigenvalue weighted by Crippen LogP contribution is 2.33. The van der Waals surface area contributed by atoms with Gasteiger partial charge in [0, 0.05) is 30.7 Å². The fraction of sp³-hybridized carbons (Fsp3) is 0.333. The number of nitrogens with zero attached hydrogens (tertiary/aromatic N) is 3. The van der Waals surface area contributed by atoms with E-state index in [1.807, 2.05) is 24.3 Å². The SMILES string of the molecule is Clc1nc(NCc2ccc3c(c2)OCO3)c2cc(N3CCCCC3)ccc2n1. The highest BCUT2D eigenvalue weighted by molar-refractivity contribution is 6.28. The Labute approximate surface area is 168 Å². The van der Waals surface area contributed by atoms with Crippen LogP contribution in [0.4, 0.5) is 11.5 Å². The molecular formula is C21H21ClN4O2. The average molecular weight is 397 g/mol. The predicted molar refractivity (Wildman–Crippen MR) is 111 cm³/mol. The van der Waals surface area contributed by atoms with Gasteiger partial charge in [0.25, 0.3) is 0 Å². The summed E-state index contributed by atoms with van der Waals surface area (Å²) in [5.74, 6) is 2.30. The number of nitrogens with one attached hydrogen (secondary N) is 1. The molecule has 2 aliphatic heterocycles. The second-order valence-corrected chi connectivity index (χ2v) is 7.47. The molecule has 0 bridgehead atoms.